The molecule has 0 saturated heterocycles. The molecular weight excluding hydrogens is 150 g/mol. The van der Waals surface area contributed by atoms with Crippen LogP contribution in [0.2, 0.25) is 0 Å². The highest BCUT2D eigenvalue weighted by Crippen LogP contribution is 2.15. The van der Waals surface area contributed by atoms with Gasteiger partial charge in [0.15, 0.2) is 0 Å². The second-order valence-electron chi connectivity index (χ2n) is 2.83. The summed E-state index contributed by atoms with van der Waals surface area (Å²) < 4.78 is 0. The van der Waals surface area contributed by atoms with Crippen LogP contribution in [-0.4, -0.2) is 12.4 Å². The SMILES string of the molecule is CCNC1=CC=C(C(=N)N)CC1. The van der Waals surface area contributed by atoms with Crippen LogP contribution in [0.4, 0.5) is 0 Å². The van der Waals surface area contributed by atoms with Crippen LogP contribution in [-0.2, 0) is 0 Å². The zero-order valence-electron chi connectivity index (χ0n) is 7.35. The first kappa shape index (κ1) is 8.84. The van der Waals surface area contributed by atoms with Gasteiger partial charge < -0.3 is 11.1 Å². The molecule has 3 nitrogen and oxygen atoms in total. The van der Waals surface area contributed by atoms with E-state index in [4.69, 9.17) is 11.1 Å². The van der Waals surface area contributed by atoms with Crippen molar-refractivity contribution in [1.82, 2.24) is 5.32 Å². The van der Waals surface area contributed by atoms with Gasteiger partial charge in [0.1, 0.15) is 5.84 Å². The lowest BCUT2D eigenvalue weighted by Crippen LogP contribution is -2.18. The van der Waals surface area contributed by atoms with E-state index in [1.807, 2.05) is 12.2 Å². The predicted molar refractivity (Wildman–Crippen MR) is 51.0 cm³/mol. The Morgan fingerprint density at radius 1 is 1.58 bits per heavy atom. The van der Waals surface area contributed by atoms with Gasteiger partial charge in [0.25, 0.3) is 0 Å². The summed E-state index contributed by atoms with van der Waals surface area (Å²) >= 11 is 0. The molecule has 0 unspecified atom stereocenters. The molecule has 4 N–H and O–H groups in total. The van der Waals surface area contributed by atoms with E-state index in [0.717, 1.165) is 25.0 Å². The number of rotatable bonds is 3. The van der Waals surface area contributed by atoms with Gasteiger partial charge >= 0.3 is 0 Å². The molecule has 0 aromatic carbocycles. The van der Waals surface area contributed by atoms with E-state index < -0.39 is 0 Å². The first-order valence-electron chi connectivity index (χ1n) is 4.22. The smallest absolute Gasteiger partial charge is 0.118 e. The van der Waals surface area contributed by atoms with Crippen LogP contribution in [0.1, 0.15) is 19.8 Å². The van der Waals surface area contributed by atoms with Gasteiger partial charge in [-0.25, -0.2) is 0 Å². The lowest BCUT2D eigenvalue weighted by molar-refractivity contribution is 0.767. The molecule has 1 aliphatic rings. The summed E-state index contributed by atoms with van der Waals surface area (Å²) in [7, 11) is 0. The fourth-order valence-electron chi connectivity index (χ4n) is 1.24. The summed E-state index contributed by atoms with van der Waals surface area (Å²) in [6, 6.07) is 0. The molecule has 0 saturated carbocycles. The zero-order chi connectivity index (χ0) is 8.97. The maximum Gasteiger partial charge on any atom is 0.118 e. The minimum Gasteiger partial charge on any atom is -0.389 e. The highest BCUT2D eigenvalue weighted by atomic mass is 14.9. The van der Waals surface area contributed by atoms with Gasteiger partial charge in [-0.2, -0.15) is 0 Å². The summed E-state index contributed by atoms with van der Waals surface area (Å²) in [6.45, 7) is 3.03. The van der Waals surface area contributed by atoms with Crippen molar-refractivity contribution >= 4 is 5.84 Å². The van der Waals surface area contributed by atoms with Gasteiger partial charge in [-0.3, -0.25) is 5.41 Å². The lowest BCUT2D eigenvalue weighted by Gasteiger charge is -2.14. The maximum absolute atomic E-state index is 7.22. The third kappa shape index (κ3) is 2.12. The summed E-state index contributed by atoms with van der Waals surface area (Å²) in [5, 5.41) is 10.5. The molecule has 0 aliphatic heterocycles. The van der Waals surface area contributed by atoms with Crippen molar-refractivity contribution < 1.29 is 0 Å². The average Bonchev–Trinajstić information content (AvgIpc) is 2.06. The number of allylic oxidation sites excluding steroid dienone is 3. The van der Waals surface area contributed by atoms with Crippen LogP contribution in [0, 0.1) is 5.41 Å². The van der Waals surface area contributed by atoms with Crippen molar-refractivity contribution in [1.29, 1.82) is 5.41 Å². The number of nitrogens with one attached hydrogen (secondary N) is 2. The molecule has 0 aromatic rings. The number of hydrogen-bond acceptors (Lipinski definition) is 2. The molecule has 0 radical (unpaired) electrons. The molecule has 0 fully saturated rings. The normalized spacial score (nSPS) is 16.4. The second kappa shape index (κ2) is 3.95. The van der Waals surface area contributed by atoms with Crippen LogP contribution in [0.25, 0.3) is 0 Å². The molecule has 0 amide bonds. The Balaban J connectivity index is 2.60. The second-order valence-corrected chi connectivity index (χ2v) is 2.83. The van der Waals surface area contributed by atoms with Gasteiger partial charge in [0.05, 0.1) is 0 Å². The zero-order valence-corrected chi connectivity index (χ0v) is 7.35. The average molecular weight is 165 g/mol. The fourth-order valence-corrected chi connectivity index (χ4v) is 1.24. The van der Waals surface area contributed by atoms with Crippen molar-refractivity contribution in [2.45, 2.75) is 19.8 Å². The largest absolute Gasteiger partial charge is 0.389 e. The standard InChI is InChI=1S/C9H15N3/c1-2-12-8-5-3-7(4-6-8)9(10)11/h3,5,12H,2,4,6H2,1H3,(H3,10,11). The van der Waals surface area contributed by atoms with E-state index in [-0.39, 0.29) is 5.84 Å². The Labute approximate surface area is 72.8 Å². The van der Waals surface area contributed by atoms with Gasteiger partial charge in [-0.1, -0.05) is 6.08 Å². The van der Waals surface area contributed by atoms with Crippen molar-refractivity contribution in [3.05, 3.63) is 23.4 Å². The van der Waals surface area contributed by atoms with Crippen molar-refractivity contribution in [2.75, 3.05) is 6.54 Å². The molecule has 0 aromatic heterocycles. The van der Waals surface area contributed by atoms with E-state index in [0.29, 0.717) is 0 Å². The van der Waals surface area contributed by atoms with E-state index in [1.165, 1.54) is 5.70 Å². The Hall–Kier alpha value is -1.25. The molecule has 3 heteroatoms. The summed E-state index contributed by atoms with van der Waals surface area (Å²) in [6.07, 6.45) is 5.78. The molecular formula is C9H15N3. The molecule has 1 aliphatic carbocycles. The molecule has 12 heavy (non-hydrogen) atoms. The van der Waals surface area contributed by atoms with E-state index in [2.05, 4.69) is 12.2 Å². The molecule has 66 valence electrons. The highest BCUT2D eigenvalue weighted by Gasteiger charge is 2.06. The summed E-state index contributed by atoms with van der Waals surface area (Å²) in [5.41, 5.74) is 7.53. The quantitative estimate of drug-likeness (QED) is 0.433. The third-order valence-corrected chi connectivity index (χ3v) is 1.90. The van der Waals surface area contributed by atoms with Crippen LogP contribution < -0.4 is 11.1 Å². The van der Waals surface area contributed by atoms with Gasteiger partial charge in [0, 0.05) is 12.2 Å². The minimum absolute atomic E-state index is 0.196. The van der Waals surface area contributed by atoms with Gasteiger partial charge in [-0.15, -0.1) is 0 Å². The van der Waals surface area contributed by atoms with Crippen LogP contribution in [0.15, 0.2) is 23.4 Å². The molecule has 0 heterocycles. The van der Waals surface area contributed by atoms with Crippen molar-refractivity contribution in [3.8, 4) is 0 Å². The van der Waals surface area contributed by atoms with Gasteiger partial charge in [-0.05, 0) is 31.4 Å². The maximum atomic E-state index is 7.22. The monoisotopic (exact) mass is 165 g/mol. The molecule has 1 rings (SSSR count). The summed E-state index contributed by atoms with van der Waals surface area (Å²) in [5.74, 6) is 0.196. The van der Waals surface area contributed by atoms with Gasteiger partial charge in [0.2, 0.25) is 0 Å². The number of hydrogen-bond donors (Lipinski definition) is 3. The minimum atomic E-state index is 0.196. The first-order chi connectivity index (χ1) is 5.74. The molecule has 0 atom stereocenters. The van der Waals surface area contributed by atoms with Crippen LogP contribution >= 0.6 is 0 Å². The predicted octanol–water partition coefficient (Wildman–Crippen LogP) is 1.14. The first-order valence-corrected chi connectivity index (χ1v) is 4.22. The number of amidine groups is 1. The highest BCUT2D eigenvalue weighted by molar-refractivity contribution is 5.94. The Morgan fingerprint density at radius 2 is 2.33 bits per heavy atom. The molecule has 0 bridgehead atoms. The lowest BCUT2D eigenvalue weighted by atomic mass is 10.0. The van der Waals surface area contributed by atoms with E-state index >= 15 is 0 Å². The summed E-state index contributed by atoms with van der Waals surface area (Å²) in [4.78, 5) is 0. The Bertz CT molecular complexity index is 238. The van der Waals surface area contributed by atoms with E-state index in [9.17, 15) is 0 Å². The number of nitrogens with two attached hydrogens (primary N) is 1. The Kier molecular flexibility index (Phi) is 2.91. The van der Waals surface area contributed by atoms with Crippen molar-refractivity contribution in [3.63, 3.8) is 0 Å². The van der Waals surface area contributed by atoms with Crippen LogP contribution in [0.5, 0.6) is 0 Å². The fraction of sp³-hybridized carbons (Fsp3) is 0.444. The van der Waals surface area contributed by atoms with E-state index in [1.54, 1.807) is 0 Å². The topological polar surface area (TPSA) is 61.9 Å². The molecule has 0 spiro atoms. The Morgan fingerprint density at radius 3 is 2.75 bits per heavy atom. The third-order valence-electron chi connectivity index (χ3n) is 1.90. The van der Waals surface area contributed by atoms with Crippen LogP contribution in [0.3, 0.4) is 0 Å². The van der Waals surface area contributed by atoms with Crippen molar-refractivity contribution in [2.24, 2.45) is 5.73 Å².